The third kappa shape index (κ3) is 5.72. The van der Waals surface area contributed by atoms with Crippen LogP contribution in [0.4, 0.5) is 21.9 Å². The Morgan fingerprint density at radius 2 is 1.62 bits per heavy atom. The molecule has 32 heavy (non-hydrogen) atoms. The summed E-state index contributed by atoms with van der Waals surface area (Å²) in [6.07, 6.45) is 0. The molecule has 0 aliphatic heterocycles. The molecule has 0 aromatic heterocycles. The quantitative estimate of drug-likeness (QED) is 0.401. The highest BCUT2D eigenvalue weighted by Gasteiger charge is 2.18. The van der Waals surface area contributed by atoms with Crippen LogP contribution in [0.2, 0.25) is 10.0 Å². The average Bonchev–Trinajstić information content (AvgIpc) is 2.77. The fraction of sp³-hybridized carbons (Fsp3) is 0.167. The van der Waals surface area contributed by atoms with E-state index in [1.54, 1.807) is 36.4 Å². The first kappa shape index (κ1) is 23.4. The van der Waals surface area contributed by atoms with Gasteiger partial charge in [-0.05, 0) is 42.8 Å². The van der Waals surface area contributed by atoms with Crippen molar-refractivity contribution in [3.05, 3.63) is 87.9 Å². The first-order valence-corrected chi connectivity index (χ1v) is 10.7. The Hall–Kier alpha value is -3.22. The van der Waals surface area contributed by atoms with E-state index in [1.165, 1.54) is 0 Å². The summed E-state index contributed by atoms with van der Waals surface area (Å²) in [5, 5.41) is 9.00. The van der Waals surface area contributed by atoms with E-state index in [9.17, 15) is 9.59 Å². The first-order valence-electron chi connectivity index (χ1n) is 9.95. The zero-order valence-corrected chi connectivity index (χ0v) is 19.5. The maximum Gasteiger partial charge on any atom is 0.323 e. The van der Waals surface area contributed by atoms with E-state index >= 15 is 0 Å². The molecule has 0 saturated heterocycles. The lowest BCUT2D eigenvalue weighted by atomic mass is 10.1. The average molecular weight is 471 g/mol. The molecule has 0 spiro atoms. The molecular formula is C24H24Cl2N4O2. The number of hydrogen-bond acceptors (Lipinski definition) is 3. The second kappa shape index (κ2) is 10.4. The Labute approximate surface area is 197 Å². The topological polar surface area (TPSA) is 73.5 Å². The minimum atomic E-state index is -0.504. The summed E-state index contributed by atoms with van der Waals surface area (Å²) in [5.74, 6) is -0.244. The molecular weight excluding hydrogens is 447 g/mol. The lowest BCUT2D eigenvalue weighted by Gasteiger charge is -2.20. The van der Waals surface area contributed by atoms with Crippen LogP contribution in [0.15, 0.2) is 66.7 Å². The minimum absolute atomic E-state index is 0.177. The molecule has 0 aliphatic rings. The number of benzene rings is 3. The number of nitrogens with one attached hydrogen (secondary N) is 3. The molecule has 3 N–H and O–H groups in total. The summed E-state index contributed by atoms with van der Waals surface area (Å²) in [5.41, 5.74) is 3.02. The minimum Gasteiger partial charge on any atom is -0.377 e. The molecule has 0 aliphatic carbocycles. The zero-order valence-electron chi connectivity index (χ0n) is 17.9. The molecule has 0 saturated carbocycles. The van der Waals surface area contributed by atoms with E-state index in [0.29, 0.717) is 22.0 Å². The van der Waals surface area contributed by atoms with Crippen LogP contribution in [0, 0.1) is 0 Å². The van der Waals surface area contributed by atoms with E-state index in [4.69, 9.17) is 23.2 Å². The van der Waals surface area contributed by atoms with Crippen molar-refractivity contribution in [3.63, 3.8) is 0 Å². The number of carbonyl (C=O) groups excluding carboxylic acids is 2. The third-order valence-corrected chi connectivity index (χ3v) is 5.65. The SMILES string of the molecule is CC(NC(=O)c1cc(NC(=O)Nc2cccc(Cl)c2Cl)ccc1N(C)C)c1ccccc1. The standard InChI is InChI=1S/C24H24Cl2N4O2/c1-15(16-8-5-4-6-9-16)27-23(31)18-14-17(12-13-21(18)30(2)3)28-24(32)29-20-11-7-10-19(25)22(20)26/h4-15H,1-3H3,(H,27,31)(H2,28,29,32). The van der Waals surface area contributed by atoms with Crippen LogP contribution in [-0.2, 0) is 0 Å². The van der Waals surface area contributed by atoms with Crippen LogP contribution < -0.4 is 20.9 Å². The highest BCUT2D eigenvalue weighted by molar-refractivity contribution is 6.44. The maximum atomic E-state index is 13.1. The van der Waals surface area contributed by atoms with Gasteiger partial charge in [-0.2, -0.15) is 0 Å². The highest BCUT2D eigenvalue weighted by Crippen LogP contribution is 2.30. The predicted molar refractivity (Wildman–Crippen MR) is 132 cm³/mol. The molecule has 0 fully saturated rings. The summed E-state index contributed by atoms with van der Waals surface area (Å²) in [6, 6.07) is 19.1. The molecule has 1 unspecified atom stereocenters. The van der Waals surface area contributed by atoms with Gasteiger partial charge in [0.15, 0.2) is 0 Å². The van der Waals surface area contributed by atoms with E-state index in [2.05, 4.69) is 16.0 Å². The van der Waals surface area contributed by atoms with Crippen LogP contribution in [0.3, 0.4) is 0 Å². The van der Waals surface area contributed by atoms with Gasteiger partial charge >= 0.3 is 6.03 Å². The maximum absolute atomic E-state index is 13.1. The molecule has 0 heterocycles. The summed E-state index contributed by atoms with van der Waals surface area (Å²) < 4.78 is 0. The molecule has 0 radical (unpaired) electrons. The van der Waals surface area contributed by atoms with Crippen molar-refractivity contribution < 1.29 is 9.59 Å². The van der Waals surface area contributed by atoms with Gasteiger partial charge in [0, 0.05) is 25.5 Å². The normalized spacial score (nSPS) is 11.4. The smallest absolute Gasteiger partial charge is 0.323 e. The van der Waals surface area contributed by atoms with Crippen LogP contribution in [0.25, 0.3) is 0 Å². The van der Waals surface area contributed by atoms with Gasteiger partial charge in [0.1, 0.15) is 0 Å². The van der Waals surface area contributed by atoms with Gasteiger partial charge in [-0.25, -0.2) is 4.79 Å². The van der Waals surface area contributed by atoms with Crippen molar-refractivity contribution in [1.82, 2.24) is 5.32 Å². The van der Waals surface area contributed by atoms with Gasteiger partial charge in [-0.15, -0.1) is 0 Å². The fourth-order valence-electron chi connectivity index (χ4n) is 3.17. The predicted octanol–water partition coefficient (Wildman–Crippen LogP) is 6.19. The Balaban J connectivity index is 1.78. The number of hydrogen-bond donors (Lipinski definition) is 3. The van der Waals surface area contributed by atoms with E-state index in [1.807, 2.05) is 56.3 Å². The lowest BCUT2D eigenvalue weighted by Crippen LogP contribution is -2.28. The number of nitrogens with zero attached hydrogens (tertiary/aromatic N) is 1. The third-order valence-electron chi connectivity index (χ3n) is 4.83. The number of anilines is 3. The molecule has 166 valence electrons. The number of halogens is 2. The summed E-state index contributed by atoms with van der Waals surface area (Å²) >= 11 is 12.1. The monoisotopic (exact) mass is 470 g/mol. The molecule has 8 heteroatoms. The van der Waals surface area contributed by atoms with Crippen LogP contribution >= 0.6 is 23.2 Å². The summed E-state index contributed by atoms with van der Waals surface area (Å²) in [4.78, 5) is 27.4. The van der Waals surface area contributed by atoms with Gasteiger partial charge in [0.2, 0.25) is 0 Å². The van der Waals surface area contributed by atoms with E-state index < -0.39 is 6.03 Å². The Kier molecular flexibility index (Phi) is 7.62. The van der Waals surface area contributed by atoms with Crippen molar-refractivity contribution >= 4 is 52.2 Å². The molecule has 1 atom stereocenters. The van der Waals surface area contributed by atoms with Crippen LogP contribution in [0.1, 0.15) is 28.9 Å². The fourth-order valence-corrected chi connectivity index (χ4v) is 3.52. The van der Waals surface area contributed by atoms with E-state index in [-0.39, 0.29) is 17.0 Å². The van der Waals surface area contributed by atoms with Gasteiger partial charge in [-0.1, -0.05) is 59.6 Å². The zero-order chi connectivity index (χ0) is 23.3. The van der Waals surface area contributed by atoms with Crippen molar-refractivity contribution in [2.75, 3.05) is 29.6 Å². The summed E-state index contributed by atoms with van der Waals surface area (Å²) in [7, 11) is 3.71. The van der Waals surface area contributed by atoms with Crippen molar-refractivity contribution in [2.24, 2.45) is 0 Å². The van der Waals surface area contributed by atoms with Crippen molar-refractivity contribution in [2.45, 2.75) is 13.0 Å². The molecule has 3 aromatic rings. The number of amides is 3. The number of urea groups is 1. The van der Waals surface area contributed by atoms with Crippen LogP contribution in [-0.4, -0.2) is 26.0 Å². The Bertz CT molecular complexity index is 1120. The second-order valence-electron chi connectivity index (χ2n) is 7.41. The lowest BCUT2D eigenvalue weighted by molar-refractivity contribution is 0.0940. The molecule has 3 aromatic carbocycles. The van der Waals surface area contributed by atoms with E-state index in [0.717, 1.165) is 11.3 Å². The van der Waals surface area contributed by atoms with Gasteiger partial charge in [-0.3, -0.25) is 4.79 Å². The molecule has 3 rings (SSSR count). The van der Waals surface area contributed by atoms with Crippen molar-refractivity contribution in [1.29, 1.82) is 0 Å². The van der Waals surface area contributed by atoms with Gasteiger partial charge in [0.05, 0.1) is 27.3 Å². The van der Waals surface area contributed by atoms with Crippen molar-refractivity contribution in [3.8, 4) is 0 Å². The number of rotatable bonds is 6. The Morgan fingerprint density at radius 1 is 0.906 bits per heavy atom. The largest absolute Gasteiger partial charge is 0.377 e. The van der Waals surface area contributed by atoms with Crippen LogP contribution in [0.5, 0.6) is 0 Å². The second-order valence-corrected chi connectivity index (χ2v) is 8.20. The number of carbonyl (C=O) groups is 2. The van der Waals surface area contributed by atoms with Gasteiger partial charge < -0.3 is 20.9 Å². The first-order chi connectivity index (χ1) is 15.3. The Morgan fingerprint density at radius 3 is 2.31 bits per heavy atom. The summed E-state index contributed by atoms with van der Waals surface area (Å²) in [6.45, 7) is 1.92. The highest BCUT2D eigenvalue weighted by atomic mass is 35.5. The molecule has 6 nitrogen and oxygen atoms in total. The van der Waals surface area contributed by atoms with Gasteiger partial charge in [0.25, 0.3) is 5.91 Å². The molecule has 0 bridgehead atoms. The molecule has 3 amide bonds.